The number of carbonyl (C=O) groups excluding carboxylic acids is 2. The Morgan fingerprint density at radius 2 is 2.28 bits per heavy atom. The summed E-state index contributed by atoms with van der Waals surface area (Å²) < 4.78 is 18.3. The second kappa shape index (κ2) is 4.61. The Kier molecular flexibility index (Phi) is 3.15. The van der Waals surface area contributed by atoms with Crippen LogP contribution < -0.4 is 21.5 Å². The number of amides is 2. The van der Waals surface area contributed by atoms with Crippen LogP contribution in [-0.2, 0) is 9.59 Å². The number of primary amides is 1. The Balaban J connectivity index is 2.16. The van der Waals surface area contributed by atoms with Gasteiger partial charge in [0, 0.05) is 12.5 Å². The quantitative estimate of drug-likeness (QED) is 0.689. The van der Waals surface area contributed by atoms with E-state index in [-0.39, 0.29) is 12.1 Å². The summed E-state index contributed by atoms with van der Waals surface area (Å²) in [5.41, 5.74) is 10.7. The van der Waals surface area contributed by atoms with Crippen LogP contribution in [0, 0.1) is 5.82 Å². The van der Waals surface area contributed by atoms with Crippen LogP contribution in [0.2, 0.25) is 0 Å². The van der Waals surface area contributed by atoms with Gasteiger partial charge in [0.05, 0.1) is 11.7 Å². The Bertz CT molecular complexity index is 506. The number of nitrogens with one attached hydrogen (secondary N) is 1. The number of halogens is 1. The SMILES string of the molecule is NC(=O)[C@@H](N)C[C@@H]1Oc2ccc(F)cc2NC1=O. The van der Waals surface area contributed by atoms with Gasteiger partial charge in [-0.05, 0) is 12.1 Å². The van der Waals surface area contributed by atoms with E-state index in [1.54, 1.807) is 0 Å². The topological polar surface area (TPSA) is 107 Å². The molecule has 96 valence electrons. The molecule has 7 heteroatoms. The van der Waals surface area contributed by atoms with Crippen molar-refractivity contribution in [2.45, 2.75) is 18.6 Å². The van der Waals surface area contributed by atoms with Crippen molar-refractivity contribution in [2.24, 2.45) is 11.5 Å². The lowest BCUT2D eigenvalue weighted by atomic mass is 10.1. The van der Waals surface area contributed by atoms with E-state index in [4.69, 9.17) is 16.2 Å². The fraction of sp³-hybridized carbons (Fsp3) is 0.273. The third-order valence-electron chi connectivity index (χ3n) is 2.59. The molecule has 1 aromatic carbocycles. The molecule has 1 aliphatic heterocycles. The van der Waals surface area contributed by atoms with E-state index in [1.807, 2.05) is 0 Å². The highest BCUT2D eigenvalue weighted by Crippen LogP contribution is 2.30. The Morgan fingerprint density at radius 3 is 2.94 bits per heavy atom. The Morgan fingerprint density at radius 1 is 1.56 bits per heavy atom. The van der Waals surface area contributed by atoms with Crippen LogP contribution >= 0.6 is 0 Å². The van der Waals surface area contributed by atoms with Crippen molar-refractivity contribution in [2.75, 3.05) is 5.32 Å². The van der Waals surface area contributed by atoms with E-state index >= 15 is 0 Å². The van der Waals surface area contributed by atoms with Gasteiger partial charge in [0.2, 0.25) is 5.91 Å². The molecule has 0 bridgehead atoms. The van der Waals surface area contributed by atoms with Gasteiger partial charge < -0.3 is 21.5 Å². The highest BCUT2D eigenvalue weighted by molar-refractivity contribution is 5.98. The Labute approximate surface area is 102 Å². The minimum atomic E-state index is -0.970. The first kappa shape index (κ1) is 12.3. The number of fused-ring (bicyclic) bond motifs is 1. The average molecular weight is 253 g/mol. The summed E-state index contributed by atoms with van der Waals surface area (Å²) in [5, 5.41) is 2.48. The first-order valence-electron chi connectivity index (χ1n) is 5.29. The number of hydrogen-bond acceptors (Lipinski definition) is 4. The summed E-state index contributed by atoms with van der Waals surface area (Å²) >= 11 is 0. The molecule has 0 fully saturated rings. The highest BCUT2D eigenvalue weighted by Gasteiger charge is 2.30. The van der Waals surface area contributed by atoms with Crippen LogP contribution in [0.15, 0.2) is 18.2 Å². The van der Waals surface area contributed by atoms with E-state index in [2.05, 4.69) is 5.32 Å². The van der Waals surface area contributed by atoms with Gasteiger partial charge in [-0.25, -0.2) is 4.39 Å². The maximum Gasteiger partial charge on any atom is 0.265 e. The fourth-order valence-electron chi connectivity index (χ4n) is 1.62. The number of nitrogens with two attached hydrogens (primary N) is 2. The second-order valence-electron chi connectivity index (χ2n) is 3.98. The summed E-state index contributed by atoms with van der Waals surface area (Å²) in [6.45, 7) is 0. The molecular weight excluding hydrogens is 241 g/mol. The standard InChI is InChI=1S/C11H12FN3O3/c12-5-1-2-8-7(3-5)15-11(17)9(18-8)4-6(13)10(14)16/h1-3,6,9H,4,13H2,(H2,14,16)(H,15,17)/t6-,9-/m0/s1. The molecule has 5 N–H and O–H groups in total. The lowest BCUT2D eigenvalue weighted by molar-refractivity contribution is -0.125. The molecule has 6 nitrogen and oxygen atoms in total. The minimum Gasteiger partial charge on any atom is -0.478 e. The molecule has 0 unspecified atom stereocenters. The van der Waals surface area contributed by atoms with Gasteiger partial charge in [0.1, 0.15) is 11.6 Å². The number of rotatable bonds is 3. The molecule has 0 aromatic heterocycles. The number of carbonyl (C=O) groups is 2. The van der Waals surface area contributed by atoms with E-state index < -0.39 is 29.8 Å². The summed E-state index contributed by atoms with van der Waals surface area (Å²) in [4.78, 5) is 22.5. The highest BCUT2D eigenvalue weighted by atomic mass is 19.1. The van der Waals surface area contributed by atoms with Gasteiger partial charge in [-0.1, -0.05) is 0 Å². The molecule has 0 aliphatic carbocycles. The van der Waals surface area contributed by atoms with Gasteiger partial charge in [-0.3, -0.25) is 9.59 Å². The molecule has 1 aliphatic rings. The first-order valence-corrected chi connectivity index (χ1v) is 5.29. The molecular formula is C11H12FN3O3. The Hall–Kier alpha value is -2.15. The van der Waals surface area contributed by atoms with Crippen molar-refractivity contribution >= 4 is 17.5 Å². The van der Waals surface area contributed by atoms with Gasteiger partial charge in [-0.15, -0.1) is 0 Å². The average Bonchev–Trinajstić information content (AvgIpc) is 2.30. The largest absolute Gasteiger partial charge is 0.478 e. The zero-order valence-electron chi connectivity index (χ0n) is 9.35. The summed E-state index contributed by atoms with van der Waals surface area (Å²) in [7, 11) is 0. The molecule has 2 rings (SSSR count). The van der Waals surface area contributed by atoms with Crippen molar-refractivity contribution in [3.05, 3.63) is 24.0 Å². The van der Waals surface area contributed by atoms with Crippen LogP contribution in [-0.4, -0.2) is 24.0 Å². The summed E-state index contributed by atoms with van der Waals surface area (Å²) in [6, 6.07) is 2.79. The lowest BCUT2D eigenvalue weighted by Gasteiger charge is -2.26. The minimum absolute atomic E-state index is 0.0298. The predicted octanol–water partition coefficient (Wildman–Crippen LogP) is -0.272. The number of hydrogen-bond donors (Lipinski definition) is 3. The van der Waals surface area contributed by atoms with Gasteiger partial charge in [0.15, 0.2) is 6.10 Å². The molecule has 0 saturated heterocycles. The normalized spacial score (nSPS) is 19.4. The predicted molar refractivity (Wildman–Crippen MR) is 61.2 cm³/mol. The van der Waals surface area contributed by atoms with Crippen LogP contribution in [0.4, 0.5) is 10.1 Å². The second-order valence-corrected chi connectivity index (χ2v) is 3.98. The molecule has 2 atom stereocenters. The molecule has 1 aromatic rings. The van der Waals surface area contributed by atoms with E-state index in [1.165, 1.54) is 12.1 Å². The van der Waals surface area contributed by atoms with E-state index in [0.29, 0.717) is 5.75 Å². The van der Waals surface area contributed by atoms with Crippen LogP contribution in [0.5, 0.6) is 5.75 Å². The monoisotopic (exact) mass is 253 g/mol. The maximum atomic E-state index is 12.9. The zero-order chi connectivity index (χ0) is 13.3. The van der Waals surface area contributed by atoms with E-state index in [9.17, 15) is 14.0 Å². The number of ether oxygens (including phenoxy) is 1. The third kappa shape index (κ3) is 2.40. The summed E-state index contributed by atoms with van der Waals surface area (Å²) in [5.74, 6) is -1.34. The molecule has 0 spiro atoms. The van der Waals surface area contributed by atoms with Crippen LogP contribution in [0.3, 0.4) is 0 Å². The molecule has 0 radical (unpaired) electrons. The first-order chi connectivity index (χ1) is 8.47. The number of benzene rings is 1. The van der Waals surface area contributed by atoms with Crippen molar-refractivity contribution in [3.8, 4) is 5.75 Å². The molecule has 1 heterocycles. The molecule has 2 amide bonds. The third-order valence-corrected chi connectivity index (χ3v) is 2.59. The smallest absolute Gasteiger partial charge is 0.265 e. The maximum absolute atomic E-state index is 12.9. The van der Waals surface area contributed by atoms with Crippen LogP contribution in [0.25, 0.3) is 0 Å². The fourth-order valence-corrected chi connectivity index (χ4v) is 1.62. The molecule has 18 heavy (non-hydrogen) atoms. The van der Waals surface area contributed by atoms with Crippen molar-refractivity contribution < 1.29 is 18.7 Å². The summed E-state index contributed by atoms with van der Waals surface area (Å²) in [6.07, 6.45) is -0.941. The molecule has 0 saturated carbocycles. The van der Waals surface area contributed by atoms with Crippen LogP contribution in [0.1, 0.15) is 6.42 Å². The number of anilines is 1. The van der Waals surface area contributed by atoms with Gasteiger partial charge in [-0.2, -0.15) is 0 Å². The van der Waals surface area contributed by atoms with Crippen molar-refractivity contribution in [1.29, 1.82) is 0 Å². The van der Waals surface area contributed by atoms with Crippen molar-refractivity contribution in [1.82, 2.24) is 0 Å². The van der Waals surface area contributed by atoms with Crippen molar-refractivity contribution in [3.63, 3.8) is 0 Å². The lowest BCUT2D eigenvalue weighted by Crippen LogP contribution is -2.45. The van der Waals surface area contributed by atoms with Gasteiger partial charge >= 0.3 is 0 Å². The van der Waals surface area contributed by atoms with E-state index in [0.717, 1.165) is 6.07 Å². The van der Waals surface area contributed by atoms with Gasteiger partial charge in [0.25, 0.3) is 5.91 Å². The zero-order valence-corrected chi connectivity index (χ0v) is 9.35.